The molecule has 0 aliphatic rings. The molecule has 5 aromatic rings. The zero-order valence-electron chi connectivity index (χ0n) is 14.5. The van der Waals surface area contributed by atoms with Crippen molar-refractivity contribution in [1.29, 1.82) is 0 Å². The van der Waals surface area contributed by atoms with Crippen molar-refractivity contribution >= 4 is 44.1 Å². The lowest BCUT2D eigenvalue weighted by Crippen LogP contribution is -1.97. The highest BCUT2D eigenvalue weighted by molar-refractivity contribution is 7.14. The van der Waals surface area contributed by atoms with Crippen LogP contribution in [0.4, 0.5) is 5.13 Å². The summed E-state index contributed by atoms with van der Waals surface area (Å²) in [7, 11) is 0. The summed E-state index contributed by atoms with van der Waals surface area (Å²) in [5, 5.41) is 9.17. The van der Waals surface area contributed by atoms with Crippen LogP contribution in [0.2, 0.25) is 0 Å². The number of hydrogen-bond donors (Lipinski definition) is 1. The molecule has 0 bridgehead atoms. The fourth-order valence-corrected chi connectivity index (χ4v) is 3.53. The second-order valence-corrected chi connectivity index (χ2v) is 7.00. The first kappa shape index (κ1) is 15.8. The zero-order chi connectivity index (χ0) is 18.2. The van der Waals surface area contributed by atoms with Gasteiger partial charge < -0.3 is 8.83 Å². The van der Waals surface area contributed by atoms with Crippen molar-refractivity contribution in [3.05, 3.63) is 71.8 Å². The van der Waals surface area contributed by atoms with Crippen molar-refractivity contribution in [3.63, 3.8) is 0 Å². The number of nitrogens with one attached hydrogen (secondary N) is 1. The van der Waals surface area contributed by atoms with Crippen LogP contribution in [0.5, 0.6) is 0 Å². The van der Waals surface area contributed by atoms with E-state index in [2.05, 4.69) is 15.5 Å². The van der Waals surface area contributed by atoms with Gasteiger partial charge in [0.15, 0.2) is 11.5 Å². The second-order valence-electron chi connectivity index (χ2n) is 6.14. The molecule has 1 N–H and O–H groups in total. The van der Waals surface area contributed by atoms with Crippen LogP contribution in [0.3, 0.4) is 0 Å². The number of fused-ring (bicyclic) bond motifs is 2. The first-order chi connectivity index (χ1) is 13.3. The second kappa shape index (κ2) is 6.41. The molecule has 0 atom stereocenters. The normalized spacial score (nSPS) is 12.1. The van der Waals surface area contributed by atoms with Gasteiger partial charge in [0.1, 0.15) is 22.6 Å². The van der Waals surface area contributed by atoms with E-state index in [-0.39, 0.29) is 0 Å². The molecule has 27 heavy (non-hydrogen) atoms. The molecule has 2 aromatic carbocycles. The van der Waals surface area contributed by atoms with E-state index >= 15 is 0 Å². The van der Waals surface area contributed by atoms with Crippen LogP contribution < -0.4 is 5.43 Å². The molecule has 5 nitrogen and oxygen atoms in total. The molecule has 0 aliphatic carbocycles. The fourth-order valence-electron chi connectivity index (χ4n) is 2.89. The largest absolute Gasteiger partial charge is 0.455 e. The first-order valence-corrected chi connectivity index (χ1v) is 9.38. The summed E-state index contributed by atoms with van der Waals surface area (Å²) in [5.41, 5.74) is 6.25. The monoisotopic (exact) mass is 373 g/mol. The Balaban J connectivity index is 1.37. The van der Waals surface area contributed by atoms with Gasteiger partial charge in [-0.1, -0.05) is 36.4 Å². The SMILES string of the molecule is C/C(=N\Nc1nc(-c2cc3ccccc3o2)cs1)c1cc2ccccc2o1. The maximum Gasteiger partial charge on any atom is 0.204 e. The predicted octanol–water partition coefficient (Wildman–Crippen LogP) is 6.14. The van der Waals surface area contributed by atoms with Crippen LogP contribution in [-0.2, 0) is 0 Å². The molecule has 3 aromatic heterocycles. The lowest BCUT2D eigenvalue weighted by atomic mass is 10.2. The number of hydrazone groups is 1. The maximum absolute atomic E-state index is 5.86. The van der Waals surface area contributed by atoms with E-state index in [9.17, 15) is 0 Å². The highest BCUT2D eigenvalue weighted by Crippen LogP contribution is 2.30. The number of benzene rings is 2. The molecule has 0 fully saturated rings. The quantitative estimate of drug-likeness (QED) is 0.304. The molecule has 3 heterocycles. The minimum Gasteiger partial charge on any atom is -0.455 e. The molecular weight excluding hydrogens is 358 g/mol. The number of hydrogen-bond acceptors (Lipinski definition) is 6. The van der Waals surface area contributed by atoms with Gasteiger partial charge in [-0.3, -0.25) is 5.43 Å². The summed E-state index contributed by atoms with van der Waals surface area (Å²) in [6.07, 6.45) is 0. The van der Waals surface area contributed by atoms with E-state index in [4.69, 9.17) is 8.83 Å². The average Bonchev–Trinajstić information content (AvgIpc) is 3.42. The van der Waals surface area contributed by atoms with Gasteiger partial charge in [0, 0.05) is 16.2 Å². The minimum atomic E-state index is 0.695. The molecule has 0 unspecified atom stereocenters. The van der Waals surface area contributed by atoms with E-state index in [0.717, 1.165) is 44.9 Å². The summed E-state index contributed by atoms with van der Waals surface area (Å²) in [4.78, 5) is 4.56. The Labute approximate surface area is 159 Å². The van der Waals surface area contributed by atoms with Crippen molar-refractivity contribution < 1.29 is 8.83 Å². The summed E-state index contributed by atoms with van der Waals surface area (Å²) in [5.74, 6) is 1.48. The standard InChI is InChI=1S/C21H15N3O2S/c1-13(19-10-14-6-2-4-8-17(14)25-19)23-24-21-22-16(12-27-21)20-11-15-7-3-5-9-18(15)26-20/h2-12H,1H3,(H,22,24)/b23-13+. The average molecular weight is 373 g/mol. The number of anilines is 1. The van der Waals surface area contributed by atoms with Gasteiger partial charge in [0.25, 0.3) is 0 Å². The van der Waals surface area contributed by atoms with Gasteiger partial charge in [-0.15, -0.1) is 11.3 Å². The number of furan rings is 2. The molecule has 0 saturated heterocycles. The molecule has 5 rings (SSSR count). The van der Waals surface area contributed by atoms with Gasteiger partial charge >= 0.3 is 0 Å². The molecule has 0 radical (unpaired) electrons. The van der Waals surface area contributed by atoms with E-state index in [1.807, 2.05) is 73.0 Å². The Kier molecular flexibility index (Phi) is 3.76. The number of thiazole rings is 1. The molecule has 0 spiro atoms. The number of para-hydroxylation sites is 2. The molecule has 0 saturated carbocycles. The van der Waals surface area contributed by atoms with Crippen molar-refractivity contribution in [3.8, 4) is 11.5 Å². The van der Waals surface area contributed by atoms with Crippen LogP contribution in [0, 0.1) is 0 Å². The third-order valence-electron chi connectivity index (χ3n) is 4.28. The minimum absolute atomic E-state index is 0.695. The van der Waals surface area contributed by atoms with Crippen molar-refractivity contribution in [2.45, 2.75) is 6.92 Å². The first-order valence-electron chi connectivity index (χ1n) is 8.50. The van der Waals surface area contributed by atoms with Gasteiger partial charge in [0.2, 0.25) is 5.13 Å². The Morgan fingerprint density at radius 1 is 0.963 bits per heavy atom. The smallest absolute Gasteiger partial charge is 0.204 e. The topological polar surface area (TPSA) is 63.6 Å². The molecule has 0 aliphatic heterocycles. The Bertz CT molecular complexity index is 1210. The van der Waals surface area contributed by atoms with Crippen molar-refractivity contribution in [2.75, 3.05) is 5.43 Å². The fraction of sp³-hybridized carbons (Fsp3) is 0.0476. The van der Waals surface area contributed by atoms with E-state index < -0.39 is 0 Å². The lowest BCUT2D eigenvalue weighted by molar-refractivity contribution is 0.604. The van der Waals surface area contributed by atoms with E-state index in [1.165, 1.54) is 11.3 Å². The van der Waals surface area contributed by atoms with E-state index in [0.29, 0.717) is 5.13 Å². The summed E-state index contributed by atoms with van der Waals surface area (Å²) in [6.45, 7) is 1.90. The van der Waals surface area contributed by atoms with Crippen LogP contribution in [0.1, 0.15) is 12.7 Å². The van der Waals surface area contributed by atoms with E-state index in [1.54, 1.807) is 0 Å². The zero-order valence-corrected chi connectivity index (χ0v) is 15.3. The summed E-state index contributed by atoms with van der Waals surface area (Å²) >= 11 is 1.48. The molecular formula is C21H15N3O2S. The molecule has 0 amide bonds. The summed E-state index contributed by atoms with van der Waals surface area (Å²) < 4.78 is 11.7. The van der Waals surface area contributed by atoms with Gasteiger partial charge in [-0.25, -0.2) is 4.98 Å². The van der Waals surface area contributed by atoms with Gasteiger partial charge in [0.05, 0.1) is 0 Å². The van der Waals surface area contributed by atoms with Crippen molar-refractivity contribution in [1.82, 2.24) is 4.98 Å². The summed E-state index contributed by atoms with van der Waals surface area (Å²) in [6, 6.07) is 19.8. The van der Waals surface area contributed by atoms with Gasteiger partial charge in [-0.05, 0) is 31.2 Å². The highest BCUT2D eigenvalue weighted by Gasteiger charge is 2.10. The van der Waals surface area contributed by atoms with Gasteiger partial charge in [-0.2, -0.15) is 5.10 Å². The molecule has 6 heteroatoms. The lowest BCUT2D eigenvalue weighted by Gasteiger charge is -1.97. The van der Waals surface area contributed by atoms with Crippen LogP contribution in [-0.4, -0.2) is 10.7 Å². The number of rotatable bonds is 4. The third kappa shape index (κ3) is 3.00. The highest BCUT2D eigenvalue weighted by atomic mass is 32.1. The van der Waals surface area contributed by atoms with Crippen LogP contribution in [0.25, 0.3) is 33.4 Å². The number of nitrogens with zero attached hydrogens (tertiary/aromatic N) is 2. The van der Waals surface area contributed by atoms with Crippen molar-refractivity contribution in [2.24, 2.45) is 5.10 Å². The Hall–Kier alpha value is -3.38. The Morgan fingerprint density at radius 3 is 2.41 bits per heavy atom. The Morgan fingerprint density at radius 2 is 1.67 bits per heavy atom. The predicted molar refractivity (Wildman–Crippen MR) is 109 cm³/mol. The molecule has 132 valence electrons. The van der Waals surface area contributed by atoms with Crippen LogP contribution >= 0.6 is 11.3 Å². The van der Waals surface area contributed by atoms with Crippen LogP contribution in [0.15, 0.2) is 80.0 Å². The third-order valence-corrected chi connectivity index (χ3v) is 5.03. The number of aromatic nitrogens is 1. The maximum atomic E-state index is 5.86.